The second-order valence-electron chi connectivity index (χ2n) is 5.96. The summed E-state index contributed by atoms with van der Waals surface area (Å²) in [5.74, 6) is -3.14. The van der Waals surface area contributed by atoms with Crippen LogP contribution >= 0.6 is 0 Å². The molecule has 1 fully saturated rings. The molecule has 3 amide bonds. The van der Waals surface area contributed by atoms with Gasteiger partial charge in [-0.3, -0.25) is 18.9 Å². The highest BCUT2D eigenvalue weighted by Crippen LogP contribution is 2.20. The predicted molar refractivity (Wildman–Crippen MR) is 88.9 cm³/mol. The Hall–Kier alpha value is -2.01. The van der Waals surface area contributed by atoms with Crippen LogP contribution in [0.4, 0.5) is 0 Å². The number of nitrogens with zero attached hydrogens (tertiary/aromatic N) is 1. The molecule has 10 nitrogen and oxygen atoms in total. The molecule has 0 saturated carbocycles. The summed E-state index contributed by atoms with van der Waals surface area (Å²) in [5.41, 5.74) is 0. The summed E-state index contributed by atoms with van der Waals surface area (Å²) < 4.78 is 30.8. The minimum absolute atomic E-state index is 0.00860. The van der Waals surface area contributed by atoms with Gasteiger partial charge in [0.25, 0.3) is 21.9 Å². The van der Waals surface area contributed by atoms with Gasteiger partial charge in [0.15, 0.2) is 5.25 Å². The van der Waals surface area contributed by atoms with Gasteiger partial charge >= 0.3 is 5.97 Å². The molecule has 0 aromatic rings. The zero-order chi connectivity index (χ0) is 19.7. The van der Waals surface area contributed by atoms with Gasteiger partial charge in [-0.15, -0.1) is 5.06 Å². The molecular formula is C15H24N2O8S. The largest absolute Gasteiger partial charge is 0.356 e. The van der Waals surface area contributed by atoms with Crippen molar-refractivity contribution in [2.75, 3.05) is 6.54 Å². The maximum absolute atomic E-state index is 11.7. The molecule has 1 aliphatic heterocycles. The van der Waals surface area contributed by atoms with Crippen LogP contribution < -0.4 is 5.32 Å². The number of hydrogen-bond acceptors (Lipinski definition) is 7. The van der Waals surface area contributed by atoms with Crippen molar-refractivity contribution in [1.29, 1.82) is 0 Å². The number of carbonyl (C=O) groups is 4. The molecule has 0 aromatic carbocycles. The number of amides is 3. The number of rotatable bonds is 11. The van der Waals surface area contributed by atoms with Crippen molar-refractivity contribution in [3.8, 4) is 0 Å². The summed E-state index contributed by atoms with van der Waals surface area (Å²) >= 11 is 0. The Morgan fingerprint density at radius 3 is 2.46 bits per heavy atom. The number of nitrogens with one attached hydrogen (secondary N) is 1. The molecule has 0 aliphatic carbocycles. The van der Waals surface area contributed by atoms with Crippen molar-refractivity contribution in [3.05, 3.63) is 0 Å². The summed E-state index contributed by atoms with van der Waals surface area (Å²) in [7, 11) is -4.73. The highest BCUT2D eigenvalue weighted by Gasteiger charge is 2.48. The van der Waals surface area contributed by atoms with E-state index < -0.39 is 39.6 Å². The van der Waals surface area contributed by atoms with Crippen LogP contribution in [0.2, 0.25) is 0 Å². The lowest BCUT2D eigenvalue weighted by molar-refractivity contribution is -0.197. The van der Waals surface area contributed by atoms with Crippen LogP contribution in [0.25, 0.3) is 0 Å². The number of unbranched alkanes of at least 4 members (excludes halogenated alkanes) is 3. The lowest BCUT2D eigenvalue weighted by Crippen LogP contribution is -2.36. The van der Waals surface area contributed by atoms with Crippen molar-refractivity contribution in [3.63, 3.8) is 0 Å². The first kappa shape index (κ1) is 22.0. The van der Waals surface area contributed by atoms with Crippen molar-refractivity contribution >= 4 is 33.8 Å². The summed E-state index contributed by atoms with van der Waals surface area (Å²) in [6, 6.07) is 0. The SMILES string of the molecule is CCCCC(=O)NCCCCCC(=O)ON1C(=O)CC(S(=O)(=O)O)C1=O. The molecule has 148 valence electrons. The van der Waals surface area contributed by atoms with Crippen molar-refractivity contribution in [2.45, 2.75) is 63.5 Å². The van der Waals surface area contributed by atoms with Gasteiger partial charge < -0.3 is 10.2 Å². The molecular weight excluding hydrogens is 368 g/mol. The van der Waals surface area contributed by atoms with Gasteiger partial charge in [-0.25, -0.2) is 4.79 Å². The molecule has 0 radical (unpaired) electrons. The molecule has 0 spiro atoms. The normalized spacial score (nSPS) is 17.5. The zero-order valence-electron chi connectivity index (χ0n) is 14.6. The van der Waals surface area contributed by atoms with Crippen molar-refractivity contribution in [2.24, 2.45) is 0 Å². The third-order valence-corrected chi connectivity index (χ3v) is 4.84. The Morgan fingerprint density at radius 1 is 1.19 bits per heavy atom. The maximum atomic E-state index is 11.7. The quantitative estimate of drug-likeness (QED) is 0.290. The third kappa shape index (κ3) is 7.08. The second kappa shape index (κ2) is 10.2. The summed E-state index contributed by atoms with van der Waals surface area (Å²) in [4.78, 5) is 50.9. The van der Waals surface area contributed by atoms with Gasteiger partial charge in [0, 0.05) is 19.4 Å². The van der Waals surface area contributed by atoms with E-state index in [-0.39, 0.29) is 17.4 Å². The Morgan fingerprint density at radius 2 is 1.88 bits per heavy atom. The molecule has 1 heterocycles. The van der Waals surface area contributed by atoms with Gasteiger partial charge in [0.05, 0.1) is 6.42 Å². The van der Waals surface area contributed by atoms with Crippen LogP contribution in [0.1, 0.15) is 58.3 Å². The fourth-order valence-corrected chi connectivity index (χ4v) is 2.99. The van der Waals surface area contributed by atoms with Crippen molar-refractivity contribution in [1.82, 2.24) is 10.4 Å². The van der Waals surface area contributed by atoms with Crippen LogP contribution in [0.15, 0.2) is 0 Å². The standard InChI is InChI=1S/C15H24N2O8S/c1-2-3-7-12(18)16-9-6-4-5-8-14(20)25-17-13(19)10-11(15(17)21)26(22,23)24/h11H,2-10H2,1H3,(H,16,18)(H,22,23,24). The van der Waals surface area contributed by atoms with E-state index in [2.05, 4.69) is 10.2 Å². The Kier molecular flexibility index (Phi) is 8.66. The topological polar surface area (TPSA) is 147 Å². The Labute approximate surface area is 151 Å². The van der Waals surface area contributed by atoms with E-state index in [4.69, 9.17) is 4.55 Å². The van der Waals surface area contributed by atoms with Crippen LogP contribution in [0, 0.1) is 0 Å². The molecule has 0 bridgehead atoms. The fourth-order valence-electron chi connectivity index (χ4n) is 2.28. The minimum atomic E-state index is -4.73. The third-order valence-electron chi connectivity index (χ3n) is 3.75. The van der Waals surface area contributed by atoms with Crippen LogP contribution in [0.5, 0.6) is 0 Å². The van der Waals surface area contributed by atoms with E-state index in [9.17, 15) is 27.6 Å². The predicted octanol–water partition coefficient (Wildman–Crippen LogP) is 0.327. The smallest absolute Gasteiger partial charge is 0.333 e. The van der Waals surface area contributed by atoms with Crippen LogP contribution in [0.3, 0.4) is 0 Å². The van der Waals surface area contributed by atoms with E-state index >= 15 is 0 Å². The van der Waals surface area contributed by atoms with E-state index in [0.29, 0.717) is 32.2 Å². The Balaban J connectivity index is 2.24. The number of imide groups is 1. The number of hydrogen-bond donors (Lipinski definition) is 2. The average molecular weight is 392 g/mol. The molecule has 2 N–H and O–H groups in total. The lowest BCUT2D eigenvalue weighted by Gasteiger charge is -2.13. The Bertz CT molecular complexity index is 646. The first-order valence-electron chi connectivity index (χ1n) is 8.47. The lowest BCUT2D eigenvalue weighted by atomic mass is 10.2. The summed E-state index contributed by atoms with van der Waals surface area (Å²) in [5, 5.41) is 0.922. The van der Waals surface area contributed by atoms with Gasteiger partial charge in [-0.1, -0.05) is 19.8 Å². The van der Waals surface area contributed by atoms with E-state index in [0.717, 1.165) is 12.8 Å². The first-order valence-corrected chi connectivity index (χ1v) is 9.97. The highest BCUT2D eigenvalue weighted by atomic mass is 32.2. The molecule has 1 aliphatic rings. The average Bonchev–Trinajstić information content (AvgIpc) is 2.84. The monoisotopic (exact) mass is 392 g/mol. The summed E-state index contributed by atoms with van der Waals surface area (Å²) in [6.45, 7) is 2.50. The molecule has 1 unspecified atom stereocenters. The molecule has 1 rings (SSSR count). The second-order valence-corrected chi connectivity index (χ2v) is 7.56. The van der Waals surface area contributed by atoms with Gasteiger partial charge in [0.1, 0.15) is 0 Å². The fraction of sp³-hybridized carbons (Fsp3) is 0.733. The van der Waals surface area contributed by atoms with Crippen molar-refractivity contribution < 1.29 is 37.0 Å². The molecule has 0 aromatic heterocycles. The van der Waals surface area contributed by atoms with Gasteiger partial charge in [-0.05, 0) is 19.3 Å². The first-order chi connectivity index (χ1) is 12.2. The van der Waals surface area contributed by atoms with E-state index in [1.165, 1.54) is 0 Å². The zero-order valence-corrected chi connectivity index (χ0v) is 15.4. The molecule has 1 atom stereocenters. The van der Waals surface area contributed by atoms with Crippen LogP contribution in [-0.2, 0) is 34.1 Å². The van der Waals surface area contributed by atoms with Gasteiger partial charge in [-0.2, -0.15) is 8.42 Å². The van der Waals surface area contributed by atoms with Gasteiger partial charge in [0.2, 0.25) is 5.91 Å². The summed E-state index contributed by atoms with van der Waals surface area (Å²) in [6.07, 6.45) is 3.15. The molecule has 1 saturated heterocycles. The molecule has 11 heteroatoms. The number of hydroxylamine groups is 2. The van der Waals surface area contributed by atoms with E-state index in [1.807, 2.05) is 6.92 Å². The molecule has 26 heavy (non-hydrogen) atoms. The minimum Gasteiger partial charge on any atom is -0.356 e. The number of carbonyl (C=O) groups excluding carboxylic acids is 4. The highest BCUT2D eigenvalue weighted by molar-refractivity contribution is 7.87. The maximum Gasteiger partial charge on any atom is 0.333 e. The van der Waals surface area contributed by atoms with Crippen LogP contribution in [-0.4, -0.2) is 53.5 Å². The van der Waals surface area contributed by atoms with E-state index in [1.54, 1.807) is 0 Å².